The van der Waals surface area contributed by atoms with E-state index in [1.54, 1.807) is 17.4 Å². The van der Waals surface area contributed by atoms with Crippen LogP contribution in [0.15, 0.2) is 47.8 Å². The van der Waals surface area contributed by atoms with Gasteiger partial charge in [-0.2, -0.15) is 13.2 Å². The van der Waals surface area contributed by atoms with Crippen molar-refractivity contribution >= 4 is 44.9 Å². The number of alkyl halides is 3. The zero-order valence-electron chi connectivity index (χ0n) is 24.3. The SMILES string of the molecule is CC1(C)CC(=O)N(COC(=O)OCC(F)(F)F)c2cc(OCCCCN3CCN(c4cccc5sccc45)CC3)ccc21. The number of unbranched alkanes of at least 4 members (excludes halogenated alkanes) is 1. The lowest BCUT2D eigenvalue weighted by Gasteiger charge is -2.38. The van der Waals surface area contributed by atoms with Crippen LogP contribution in [-0.4, -0.2) is 75.8 Å². The van der Waals surface area contributed by atoms with Crippen LogP contribution >= 0.6 is 11.3 Å². The maximum atomic E-state index is 12.9. The average molecular weight is 620 g/mol. The number of fused-ring (bicyclic) bond motifs is 2. The maximum absolute atomic E-state index is 12.9. The molecule has 0 bridgehead atoms. The third-order valence-electron chi connectivity index (χ3n) is 7.87. The van der Waals surface area contributed by atoms with Gasteiger partial charge in [0.2, 0.25) is 5.91 Å². The second-order valence-corrected chi connectivity index (χ2v) is 12.4. The Morgan fingerprint density at radius 2 is 1.79 bits per heavy atom. The zero-order valence-corrected chi connectivity index (χ0v) is 25.1. The molecule has 8 nitrogen and oxygen atoms in total. The highest BCUT2D eigenvalue weighted by Crippen LogP contribution is 2.42. The minimum absolute atomic E-state index is 0.152. The molecule has 0 N–H and O–H groups in total. The van der Waals surface area contributed by atoms with Gasteiger partial charge in [-0.1, -0.05) is 26.0 Å². The Morgan fingerprint density at radius 3 is 2.56 bits per heavy atom. The smallest absolute Gasteiger partial charge is 0.494 e. The largest absolute Gasteiger partial charge is 0.510 e. The number of nitrogens with zero attached hydrogens (tertiary/aromatic N) is 3. The molecule has 5 rings (SSSR count). The molecule has 1 aromatic heterocycles. The molecule has 0 unspecified atom stereocenters. The van der Waals surface area contributed by atoms with E-state index in [1.807, 2.05) is 26.0 Å². The number of thiophene rings is 1. The Kier molecular flexibility index (Phi) is 9.36. The average Bonchev–Trinajstić information content (AvgIpc) is 3.45. The molecule has 43 heavy (non-hydrogen) atoms. The molecule has 3 aromatic rings. The number of amides is 1. The Morgan fingerprint density at radius 1 is 1.00 bits per heavy atom. The Hall–Kier alpha value is -3.51. The summed E-state index contributed by atoms with van der Waals surface area (Å²) in [4.78, 5) is 30.7. The van der Waals surface area contributed by atoms with Gasteiger partial charge in [0.1, 0.15) is 5.75 Å². The van der Waals surface area contributed by atoms with Gasteiger partial charge in [-0.05, 0) is 54.6 Å². The number of rotatable bonds is 10. The number of hydrogen-bond acceptors (Lipinski definition) is 8. The predicted octanol–water partition coefficient (Wildman–Crippen LogP) is 6.57. The van der Waals surface area contributed by atoms with Crippen molar-refractivity contribution in [2.75, 3.05) is 62.5 Å². The summed E-state index contributed by atoms with van der Waals surface area (Å²) in [5.41, 5.74) is 2.19. The van der Waals surface area contributed by atoms with Gasteiger partial charge >= 0.3 is 12.3 Å². The molecule has 1 fully saturated rings. The van der Waals surface area contributed by atoms with Gasteiger partial charge in [-0.15, -0.1) is 11.3 Å². The summed E-state index contributed by atoms with van der Waals surface area (Å²) in [6.45, 7) is 7.05. The van der Waals surface area contributed by atoms with Crippen LogP contribution in [0.3, 0.4) is 0 Å². The summed E-state index contributed by atoms with van der Waals surface area (Å²) in [5, 5.41) is 3.47. The van der Waals surface area contributed by atoms with Gasteiger partial charge in [0, 0.05) is 59.9 Å². The van der Waals surface area contributed by atoms with E-state index < -0.39 is 31.1 Å². The first-order chi connectivity index (χ1) is 20.5. The molecule has 232 valence electrons. The Labute approximate surface area is 252 Å². The molecule has 2 aliphatic rings. The van der Waals surface area contributed by atoms with E-state index in [2.05, 4.69) is 44.2 Å². The summed E-state index contributed by atoms with van der Waals surface area (Å²) < 4.78 is 53.2. The van der Waals surface area contributed by atoms with Crippen LogP contribution in [-0.2, 0) is 19.7 Å². The summed E-state index contributed by atoms with van der Waals surface area (Å²) in [6.07, 6.45) is -4.17. The summed E-state index contributed by atoms with van der Waals surface area (Å²) in [5.74, 6) is 0.246. The van der Waals surface area contributed by atoms with Gasteiger partial charge < -0.3 is 19.1 Å². The van der Waals surface area contributed by atoms with Crippen molar-refractivity contribution in [1.29, 1.82) is 0 Å². The lowest BCUT2D eigenvalue weighted by atomic mass is 9.77. The number of anilines is 2. The monoisotopic (exact) mass is 619 g/mol. The molecule has 2 aromatic carbocycles. The number of piperazine rings is 1. The molecule has 12 heteroatoms. The first-order valence-corrected chi connectivity index (χ1v) is 15.3. The van der Waals surface area contributed by atoms with E-state index >= 15 is 0 Å². The first kappa shape index (κ1) is 30.9. The molecule has 0 spiro atoms. The molecule has 0 saturated carbocycles. The van der Waals surface area contributed by atoms with E-state index in [4.69, 9.17) is 9.47 Å². The van der Waals surface area contributed by atoms with Crippen molar-refractivity contribution in [3.8, 4) is 5.75 Å². The van der Waals surface area contributed by atoms with Crippen molar-refractivity contribution in [3.63, 3.8) is 0 Å². The number of benzene rings is 2. The minimum atomic E-state index is -4.67. The summed E-state index contributed by atoms with van der Waals surface area (Å²) in [7, 11) is 0. The van der Waals surface area contributed by atoms with Crippen molar-refractivity contribution in [1.82, 2.24) is 4.90 Å². The minimum Gasteiger partial charge on any atom is -0.494 e. The highest BCUT2D eigenvalue weighted by Gasteiger charge is 2.38. The number of carbonyl (C=O) groups is 2. The van der Waals surface area contributed by atoms with Crippen LogP contribution in [0.25, 0.3) is 10.1 Å². The van der Waals surface area contributed by atoms with Crippen LogP contribution in [0.1, 0.15) is 38.7 Å². The van der Waals surface area contributed by atoms with Gasteiger partial charge in [0.15, 0.2) is 13.3 Å². The molecule has 1 amide bonds. The van der Waals surface area contributed by atoms with Crippen molar-refractivity contribution < 1.29 is 37.0 Å². The number of ether oxygens (including phenoxy) is 3. The lowest BCUT2D eigenvalue weighted by molar-refractivity contribution is -0.165. The van der Waals surface area contributed by atoms with Crippen LogP contribution in [0, 0.1) is 0 Å². The zero-order chi connectivity index (χ0) is 30.6. The second-order valence-electron chi connectivity index (χ2n) is 11.5. The molecular formula is C31H36F3N3O5S. The number of halogens is 3. The van der Waals surface area contributed by atoms with E-state index in [-0.39, 0.29) is 12.3 Å². The van der Waals surface area contributed by atoms with Crippen LogP contribution in [0.5, 0.6) is 5.75 Å². The highest BCUT2D eigenvalue weighted by atomic mass is 32.1. The normalized spacial score (nSPS) is 17.2. The predicted molar refractivity (Wildman–Crippen MR) is 160 cm³/mol. The molecule has 3 heterocycles. The van der Waals surface area contributed by atoms with Crippen molar-refractivity contribution in [2.24, 2.45) is 0 Å². The number of carbonyl (C=O) groups excluding carboxylic acids is 2. The quantitative estimate of drug-likeness (QED) is 0.188. The molecule has 0 atom stereocenters. The second kappa shape index (κ2) is 13.0. The molecule has 2 aliphatic heterocycles. The van der Waals surface area contributed by atoms with E-state index in [0.717, 1.165) is 51.1 Å². The van der Waals surface area contributed by atoms with E-state index in [1.165, 1.54) is 20.7 Å². The van der Waals surface area contributed by atoms with Gasteiger partial charge in [0.25, 0.3) is 0 Å². The molecule has 0 radical (unpaired) electrons. The van der Waals surface area contributed by atoms with Gasteiger partial charge in [0.05, 0.1) is 12.3 Å². The van der Waals surface area contributed by atoms with Crippen molar-refractivity contribution in [2.45, 2.75) is 44.7 Å². The van der Waals surface area contributed by atoms with Crippen LogP contribution in [0.2, 0.25) is 0 Å². The molecule has 0 aliphatic carbocycles. The van der Waals surface area contributed by atoms with E-state index in [0.29, 0.717) is 18.0 Å². The van der Waals surface area contributed by atoms with Gasteiger partial charge in [-0.25, -0.2) is 4.79 Å². The first-order valence-electron chi connectivity index (χ1n) is 14.4. The Balaban J connectivity index is 1.09. The maximum Gasteiger partial charge on any atom is 0.510 e. The van der Waals surface area contributed by atoms with Crippen LogP contribution in [0.4, 0.5) is 29.3 Å². The lowest BCUT2D eigenvalue weighted by Crippen LogP contribution is -2.46. The summed E-state index contributed by atoms with van der Waals surface area (Å²) >= 11 is 1.77. The van der Waals surface area contributed by atoms with Gasteiger partial charge in [-0.3, -0.25) is 14.6 Å². The molecule has 1 saturated heterocycles. The third kappa shape index (κ3) is 7.72. The number of hydrogen-bond donors (Lipinski definition) is 0. The summed E-state index contributed by atoms with van der Waals surface area (Å²) in [6, 6.07) is 14.1. The Bertz CT molecular complexity index is 1440. The fourth-order valence-electron chi connectivity index (χ4n) is 5.63. The highest BCUT2D eigenvalue weighted by molar-refractivity contribution is 7.17. The third-order valence-corrected chi connectivity index (χ3v) is 8.75. The van der Waals surface area contributed by atoms with Crippen molar-refractivity contribution in [3.05, 3.63) is 53.4 Å². The molecular weight excluding hydrogens is 583 g/mol. The fourth-order valence-corrected chi connectivity index (χ4v) is 6.44. The van der Waals surface area contributed by atoms with Crippen LogP contribution < -0.4 is 14.5 Å². The van der Waals surface area contributed by atoms with E-state index in [9.17, 15) is 22.8 Å². The topological polar surface area (TPSA) is 71.5 Å². The fraction of sp³-hybridized carbons (Fsp3) is 0.484. The standard InChI is InChI=1S/C31H36F3N3O5S/c1-30(2)19-28(38)37(21-42-29(39)41-20-31(32,33)34)26-18-22(8-9-24(26)30)40-16-4-3-11-35-12-14-36(15-13-35)25-6-5-7-27-23(25)10-17-43-27/h5-10,17-18H,3-4,11-16,19-21H2,1-2H3.